The van der Waals surface area contributed by atoms with E-state index in [0.717, 1.165) is 10.4 Å². The highest BCUT2D eigenvalue weighted by Gasteiger charge is 2.19. The van der Waals surface area contributed by atoms with Crippen molar-refractivity contribution in [2.24, 2.45) is 0 Å². The van der Waals surface area contributed by atoms with Gasteiger partial charge >= 0.3 is 0 Å². The predicted molar refractivity (Wildman–Crippen MR) is 84.6 cm³/mol. The summed E-state index contributed by atoms with van der Waals surface area (Å²) in [6.07, 6.45) is 1.82. The monoisotopic (exact) mass is 338 g/mol. The van der Waals surface area contributed by atoms with Crippen LogP contribution in [0.25, 0.3) is 11.4 Å². The van der Waals surface area contributed by atoms with E-state index >= 15 is 0 Å². The first-order valence-corrected chi connectivity index (χ1v) is 8.21. The van der Waals surface area contributed by atoms with E-state index in [2.05, 4.69) is 10.1 Å². The molecule has 0 N–H and O–H groups in total. The van der Waals surface area contributed by atoms with Crippen LogP contribution in [0.3, 0.4) is 0 Å². The van der Waals surface area contributed by atoms with Crippen LogP contribution in [0, 0.1) is 11.3 Å². The van der Waals surface area contributed by atoms with Crippen LogP contribution >= 0.6 is 0 Å². The third-order valence-corrected chi connectivity index (χ3v) is 4.84. The lowest BCUT2D eigenvalue weighted by molar-refractivity contribution is 0.112. The molecule has 0 radical (unpaired) electrons. The molecule has 0 aliphatic carbocycles. The van der Waals surface area contributed by atoms with Crippen LogP contribution in [0.15, 0.2) is 59.8 Å². The summed E-state index contributed by atoms with van der Waals surface area (Å²) in [6.45, 7) is 0. The number of aldehydes is 1. The van der Waals surface area contributed by atoms with Crippen LogP contribution in [0.1, 0.15) is 15.9 Å². The fourth-order valence-electron chi connectivity index (χ4n) is 2.02. The van der Waals surface area contributed by atoms with Gasteiger partial charge in [0.15, 0.2) is 5.82 Å². The van der Waals surface area contributed by atoms with Gasteiger partial charge in [-0.25, -0.2) is 4.98 Å². The van der Waals surface area contributed by atoms with Crippen LogP contribution < -0.4 is 0 Å². The third-order valence-electron chi connectivity index (χ3n) is 3.30. The molecule has 0 aliphatic rings. The molecule has 1 aromatic heterocycles. The van der Waals surface area contributed by atoms with E-state index in [9.17, 15) is 13.2 Å². The predicted octanol–water partition coefficient (Wildman–Crippen LogP) is 1.87. The number of benzene rings is 2. The molecule has 3 aromatic rings. The molecule has 118 valence electrons. The lowest BCUT2D eigenvalue weighted by Gasteiger charge is -2.03. The summed E-state index contributed by atoms with van der Waals surface area (Å²) in [7, 11) is -3.89. The SMILES string of the molecule is N#Cc1ccc(S(=O)(=O)n2cnc(-c3ccc(C=O)cc3)n2)cc1. The Morgan fingerprint density at radius 2 is 1.71 bits per heavy atom. The molecule has 24 heavy (non-hydrogen) atoms. The quantitative estimate of drug-likeness (QED) is 0.672. The molecule has 8 heteroatoms. The summed E-state index contributed by atoms with van der Waals surface area (Å²) >= 11 is 0. The lowest BCUT2D eigenvalue weighted by Crippen LogP contribution is -2.13. The Balaban J connectivity index is 1.96. The number of carbonyl (C=O) groups is 1. The summed E-state index contributed by atoms with van der Waals surface area (Å²) in [6, 6.07) is 13.9. The first kappa shape index (κ1) is 15.6. The van der Waals surface area contributed by atoms with E-state index in [-0.39, 0.29) is 10.7 Å². The molecule has 0 spiro atoms. The molecule has 0 saturated carbocycles. The summed E-state index contributed by atoms with van der Waals surface area (Å²) in [5.41, 5.74) is 1.46. The zero-order valence-corrected chi connectivity index (χ0v) is 13.0. The van der Waals surface area contributed by atoms with Gasteiger partial charge in [-0.05, 0) is 24.3 Å². The van der Waals surface area contributed by atoms with Gasteiger partial charge in [-0.3, -0.25) is 4.79 Å². The smallest absolute Gasteiger partial charge is 0.284 e. The number of rotatable bonds is 4. The summed E-state index contributed by atoms with van der Waals surface area (Å²) < 4.78 is 25.8. The van der Waals surface area contributed by atoms with Gasteiger partial charge in [0.25, 0.3) is 10.0 Å². The topological polar surface area (TPSA) is 106 Å². The number of hydrogen-bond acceptors (Lipinski definition) is 6. The summed E-state index contributed by atoms with van der Waals surface area (Å²) in [5.74, 6) is 0.227. The Labute approximate surface area is 137 Å². The number of nitrogens with zero attached hydrogens (tertiary/aromatic N) is 4. The van der Waals surface area contributed by atoms with Crippen molar-refractivity contribution in [3.8, 4) is 17.5 Å². The Morgan fingerprint density at radius 1 is 1.04 bits per heavy atom. The summed E-state index contributed by atoms with van der Waals surface area (Å²) in [5, 5.41) is 12.8. The lowest BCUT2D eigenvalue weighted by atomic mass is 10.1. The molecule has 0 atom stereocenters. The average molecular weight is 338 g/mol. The van der Waals surface area contributed by atoms with Gasteiger partial charge in [-0.1, -0.05) is 24.3 Å². The molecule has 2 aromatic carbocycles. The molecular weight excluding hydrogens is 328 g/mol. The average Bonchev–Trinajstić information content (AvgIpc) is 3.13. The molecular formula is C16H10N4O3S. The van der Waals surface area contributed by atoms with Gasteiger partial charge in [0.1, 0.15) is 12.6 Å². The fourth-order valence-corrected chi connectivity index (χ4v) is 3.07. The minimum Gasteiger partial charge on any atom is -0.298 e. The Kier molecular flexibility index (Phi) is 3.93. The van der Waals surface area contributed by atoms with Crippen molar-refractivity contribution < 1.29 is 13.2 Å². The Morgan fingerprint density at radius 3 is 2.29 bits per heavy atom. The Bertz CT molecular complexity index is 1030. The van der Waals surface area contributed by atoms with Crippen molar-refractivity contribution in [2.45, 2.75) is 4.90 Å². The van der Waals surface area contributed by atoms with Gasteiger partial charge < -0.3 is 0 Å². The van der Waals surface area contributed by atoms with Gasteiger partial charge in [-0.15, -0.1) is 9.19 Å². The van der Waals surface area contributed by atoms with Crippen LogP contribution in [0.2, 0.25) is 0 Å². The molecule has 7 nitrogen and oxygen atoms in total. The van der Waals surface area contributed by atoms with Gasteiger partial charge in [0, 0.05) is 11.1 Å². The van der Waals surface area contributed by atoms with Crippen molar-refractivity contribution >= 4 is 16.3 Å². The van der Waals surface area contributed by atoms with E-state index in [1.807, 2.05) is 6.07 Å². The van der Waals surface area contributed by atoms with Crippen molar-refractivity contribution in [1.29, 1.82) is 5.26 Å². The molecule has 1 heterocycles. The van der Waals surface area contributed by atoms with Crippen molar-refractivity contribution in [3.63, 3.8) is 0 Å². The highest BCUT2D eigenvalue weighted by molar-refractivity contribution is 7.89. The van der Waals surface area contributed by atoms with Gasteiger partial charge in [0.05, 0.1) is 16.5 Å². The minimum atomic E-state index is -3.89. The van der Waals surface area contributed by atoms with E-state index < -0.39 is 10.0 Å². The molecule has 3 rings (SSSR count). The highest BCUT2D eigenvalue weighted by atomic mass is 32.2. The Hall–Kier alpha value is -3.31. The first-order chi connectivity index (χ1) is 11.5. The van der Waals surface area contributed by atoms with E-state index in [4.69, 9.17) is 5.26 Å². The maximum absolute atomic E-state index is 12.5. The van der Waals surface area contributed by atoms with E-state index in [1.54, 1.807) is 24.3 Å². The van der Waals surface area contributed by atoms with Crippen molar-refractivity contribution in [3.05, 3.63) is 66.0 Å². The van der Waals surface area contributed by atoms with Gasteiger partial charge in [-0.2, -0.15) is 13.7 Å². The second kappa shape index (κ2) is 6.06. The zero-order valence-electron chi connectivity index (χ0n) is 12.2. The third kappa shape index (κ3) is 2.80. The van der Waals surface area contributed by atoms with Crippen molar-refractivity contribution in [1.82, 2.24) is 14.2 Å². The van der Waals surface area contributed by atoms with Crippen LogP contribution in [-0.2, 0) is 10.0 Å². The standard InChI is InChI=1S/C16H10N4O3S/c17-9-12-3-7-15(8-4-12)24(22,23)20-11-18-16(19-20)14-5-1-13(10-21)2-6-14/h1-8,10-11H. The highest BCUT2D eigenvalue weighted by Crippen LogP contribution is 2.18. The number of nitriles is 1. The van der Waals surface area contributed by atoms with E-state index in [1.165, 1.54) is 24.3 Å². The largest absolute Gasteiger partial charge is 0.298 e. The molecule has 0 saturated heterocycles. The molecule has 0 amide bonds. The van der Waals surface area contributed by atoms with E-state index in [0.29, 0.717) is 23.0 Å². The van der Waals surface area contributed by atoms with Crippen LogP contribution in [0.5, 0.6) is 0 Å². The van der Waals surface area contributed by atoms with Crippen molar-refractivity contribution in [2.75, 3.05) is 0 Å². The maximum atomic E-state index is 12.5. The normalized spacial score (nSPS) is 11.0. The van der Waals surface area contributed by atoms with Crippen LogP contribution in [0.4, 0.5) is 0 Å². The maximum Gasteiger partial charge on any atom is 0.284 e. The zero-order chi connectivity index (χ0) is 17.2. The number of carbonyl (C=O) groups excluding carboxylic acids is 1. The molecule has 0 bridgehead atoms. The number of hydrogen-bond donors (Lipinski definition) is 0. The summed E-state index contributed by atoms with van der Waals surface area (Å²) in [4.78, 5) is 14.7. The molecule has 0 fully saturated rings. The van der Waals surface area contributed by atoms with Gasteiger partial charge in [0.2, 0.25) is 0 Å². The van der Waals surface area contributed by atoms with Crippen LogP contribution in [-0.4, -0.2) is 28.9 Å². The molecule has 0 unspecified atom stereocenters. The first-order valence-electron chi connectivity index (χ1n) is 6.77. The minimum absolute atomic E-state index is 0.00857. The number of aromatic nitrogens is 3. The molecule has 0 aliphatic heterocycles. The second-order valence-electron chi connectivity index (χ2n) is 4.82. The fraction of sp³-hybridized carbons (Fsp3) is 0. The second-order valence-corrected chi connectivity index (χ2v) is 6.62.